The van der Waals surface area contributed by atoms with Crippen LogP contribution in [0.1, 0.15) is 46.5 Å². The molecule has 1 fully saturated rings. The monoisotopic (exact) mass is 256 g/mol. The highest BCUT2D eigenvalue weighted by atomic mass is 16.3. The second-order valence-electron chi connectivity index (χ2n) is 6.24. The lowest BCUT2D eigenvalue weighted by molar-refractivity contribution is 0.0869. The standard InChI is InChI=1S/C15H32N2O/c1-4-5-14-6-8-17(9-7-14)12-15(18)11-16-10-13(2)3/h13-16,18H,4-12H2,1-3H3. The Morgan fingerprint density at radius 1 is 1.22 bits per heavy atom. The van der Waals surface area contributed by atoms with E-state index in [0.717, 1.165) is 25.6 Å². The van der Waals surface area contributed by atoms with Crippen LogP contribution in [-0.4, -0.2) is 48.8 Å². The van der Waals surface area contributed by atoms with Crippen LogP contribution >= 0.6 is 0 Å². The van der Waals surface area contributed by atoms with E-state index in [2.05, 4.69) is 31.0 Å². The van der Waals surface area contributed by atoms with Crippen molar-refractivity contribution in [2.45, 2.75) is 52.6 Å². The second kappa shape index (κ2) is 8.89. The van der Waals surface area contributed by atoms with Gasteiger partial charge in [0.05, 0.1) is 6.10 Å². The van der Waals surface area contributed by atoms with Crippen LogP contribution in [0.3, 0.4) is 0 Å². The van der Waals surface area contributed by atoms with Crippen LogP contribution in [0.2, 0.25) is 0 Å². The smallest absolute Gasteiger partial charge is 0.0791 e. The molecule has 1 aliphatic heterocycles. The van der Waals surface area contributed by atoms with Crippen molar-refractivity contribution >= 4 is 0 Å². The molecular formula is C15H32N2O. The van der Waals surface area contributed by atoms with Crippen LogP contribution < -0.4 is 5.32 Å². The third-order valence-corrected chi connectivity index (χ3v) is 3.81. The highest BCUT2D eigenvalue weighted by molar-refractivity contribution is 4.75. The number of likely N-dealkylation sites (tertiary alicyclic amines) is 1. The van der Waals surface area contributed by atoms with Crippen LogP contribution in [0, 0.1) is 11.8 Å². The van der Waals surface area contributed by atoms with Gasteiger partial charge in [0.25, 0.3) is 0 Å². The van der Waals surface area contributed by atoms with E-state index in [1.165, 1.54) is 38.8 Å². The maximum Gasteiger partial charge on any atom is 0.0791 e. The van der Waals surface area contributed by atoms with Gasteiger partial charge in [-0.1, -0.05) is 33.6 Å². The fourth-order valence-electron chi connectivity index (χ4n) is 2.77. The zero-order chi connectivity index (χ0) is 13.4. The maximum atomic E-state index is 9.98. The van der Waals surface area contributed by atoms with Crippen LogP contribution in [0.4, 0.5) is 0 Å². The van der Waals surface area contributed by atoms with Gasteiger partial charge in [-0.05, 0) is 44.3 Å². The number of aliphatic hydroxyl groups excluding tert-OH is 1. The van der Waals surface area contributed by atoms with Crippen molar-refractivity contribution in [1.82, 2.24) is 10.2 Å². The zero-order valence-corrected chi connectivity index (χ0v) is 12.5. The summed E-state index contributed by atoms with van der Waals surface area (Å²) in [5, 5.41) is 13.3. The fourth-order valence-corrected chi connectivity index (χ4v) is 2.77. The summed E-state index contributed by atoms with van der Waals surface area (Å²) in [6.07, 6.45) is 5.12. The van der Waals surface area contributed by atoms with Gasteiger partial charge >= 0.3 is 0 Å². The SMILES string of the molecule is CCCC1CCN(CC(O)CNCC(C)C)CC1. The van der Waals surface area contributed by atoms with Crippen molar-refractivity contribution in [3.8, 4) is 0 Å². The summed E-state index contributed by atoms with van der Waals surface area (Å²) in [6.45, 7) is 11.6. The van der Waals surface area contributed by atoms with Crippen LogP contribution in [0.25, 0.3) is 0 Å². The first-order valence-electron chi connectivity index (χ1n) is 7.73. The number of β-amino-alcohol motifs (C(OH)–C–C–N with tert-alkyl or cyclic N) is 1. The fraction of sp³-hybridized carbons (Fsp3) is 1.00. The molecule has 0 saturated carbocycles. The first-order chi connectivity index (χ1) is 8.61. The summed E-state index contributed by atoms with van der Waals surface area (Å²) in [7, 11) is 0. The van der Waals surface area contributed by atoms with Crippen molar-refractivity contribution in [3.05, 3.63) is 0 Å². The Bertz CT molecular complexity index is 201. The molecule has 1 aliphatic rings. The molecule has 1 rings (SSSR count). The van der Waals surface area contributed by atoms with Gasteiger partial charge in [-0.15, -0.1) is 0 Å². The van der Waals surface area contributed by atoms with E-state index < -0.39 is 0 Å². The third kappa shape index (κ3) is 6.72. The number of nitrogens with one attached hydrogen (secondary N) is 1. The van der Waals surface area contributed by atoms with Crippen LogP contribution in [0.15, 0.2) is 0 Å². The molecule has 0 bridgehead atoms. The highest BCUT2D eigenvalue weighted by Crippen LogP contribution is 2.21. The lowest BCUT2D eigenvalue weighted by Gasteiger charge is -2.33. The predicted octanol–water partition coefficient (Wildman–Crippen LogP) is 2.10. The van der Waals surface area contributed by atoms with Crippen molar-refractivity contribution < 1.29 is 5.11 Å². The summed E-state index contributed by atoms with van der Waals surface area (Å²) in [5.41, 5.74) is 0. The average molecular weight is 256 g/mol. The van der Waals surface area contributed by atoms with E-state index in [0.29, 0.717) is 5.92 Å². The van der Waals surface area contributed by atoms with Crippen LogP contribution in [0.5, 0.6) is 0 Å². The predicted molar refractivity (Wildman–Crippen MR) is 77.8 cm³/mol. The Kier molecular flexibility index (Phi) is 7.87. The Balaban J connectivity index is 2.08. The first-order valence-corrected chi connectivity index (χ1v) is 7.73. The van der Waals surface area contributed by atoms with Crippen molar-refractivity contribution in [2.75, 3.05) is 32.7 Å². The molecule has 1 heterocycles. The third-order valence-electron chi connectivity index (χ3n) is 3.81. The van der Waals surface area contributed by atoms with Gasteiger partial charge in [0.2, 0.25) is 0 Å². The van der Waals surface area contributed by atoms with Gasteiger partial charge in [-0.3, -0.25) is 0 Å². The van der Waals surface area contributed by atoms with Crippen molar-refractivity contribution in [1.29, 1.82) is 0 Å². The first kappa shape index (κ1) is 15.9. The summed E-state index contributed by atoms with van der Waals surface area (Å²) < 4.78 is 0. The number of hydrogen-bond acceptors (Lipinski definition) is 3. The molecule has 18 heavy (non-hydrogen) atoms. The topological polar surface area (TPSA) is 35.5 Å². The Hall–Kier alpha value is -0.120. The molecule has 1 unspecified atom stereocenters. The molecule has 1 atom stereocenters. The average Bonchev–Trinajstić information content (AvgIpc) is 2.31. The molecule has 2 N–H and O–H groups in total. The molecular weight excluding hydrogens is 224 g/mol. The minimum absolute atomic E-state index is 0.216. The van der Waals surface area contributed by atoms with Crippen molar-refractivity contribution in [2.24, 2.45) is 11.8 Å². The van der Waals surface area contributed by atoms with E-state index in [-0.39, 0.29) is 6.10 Å². The molecule has 0 aliphatic carbocycles. The summed E-state index contributed by atoms with van der Waals surface area (Å²) >= 11 is 0. The zero-order valence-electron chi connectivity index (χ0n) is 12.5. The normalized spacial score (nSPS) is 20.5. The molecule has 0 spiro atoms. The Morgan fingerprint density at radius 3 is 2.44 bits per heavy atom. The Labute approximate surface area is 113 Å². The minimum atomic E-state index is -0.216. The van der Waals surface area contributed by atoms with E-state index in [1.807, 2.05) is 0 Å². The van der Waals surface area contributed by atoms with Gasteiger partial charge in [0.1, 0.15) is 0 Å². The van der Waals surface area contributed by atoms with E-state index in [9.17, 15) is 5.11 Å². The van der Waals surface area contributed by atoms with E-state index >= 15 is 0 Å². The molecule has 108 valence electrons. The minimum Gasteiger partial charge on any atom is -0.390 e. The molecule has 0 aromatic carbocycles. The maximum absolute atomic E-state index is 9.98. The second-order valence-corrected chi connectivity index (χ2v) is 6.24. The van der Waals surface area contributed by atoms with Gasteiger partial charge < -0.3 is 15.3 Å². The number of piperidine rings is 1. The number of nitrogens with zero attached hydrogens (tertiary/aromatic N) is 1. The molecule has 3 heteroatoms. The van der Waals surface area contributed by atoms with E-state index in [4.69, 9.17) is 0 Å². The quantitative estimate of drug-likeness (QED) is 0.698. The van der Waals surface area contributed by atoms with Crippen LogP contribution in [-0.2, 0) is 0 Å². The molecule has 0 radical (unpaired) electrons. The lowest BCUT2D eigenvalue weighted by Crippen LogP contribution is -2.42. The molecule has 3 nitrogen and oxygen atoms in total. The summed E-state index contributed by atoms with van der Waals surface area (Å²) in [6, 6.07) is 0. The summed E-state index contributed by atoms with van der Waals surface area (Å²) in [4.78, 5) is 2.42. The van der Waals surface area contributed by atoms with E-state index in [1.54, 1.807) is 0 Å². The molecule has 1 saturated heterocycles. The van der Waals surface area contributed by atoms with Gasteiger partial charge in [0, 0.05) is 13.1 Å². The molecule has 0 amide bonds. The molecule has 0 aromatic heterocycles. The lowest BCUT2D eigenvalue weighted by atomic mass is 9.92. The number of aliphatic hydroxyl groups is 1. The largest absolute Gasteiger partial charge is 0.390 e. The number of hydrogen-bond donors (Lipinski definition) is 2. The van der Waals surface area contributed by atoms with Crippen molar-refractivity contribution in [3.63, 3.8) is 0 Å². The summed E-state index contributed by atoms with van der Waals surface area (Å²) in [5.74, 6) is 1.59. The molecule has 0 aromatic rings. The van der Waals surface area contributed by atoms with Gasteiger partial charge in [0.15, 0.2) is 0 Å². The Morgan fingerprint density at radius 2 is 1.89 bits per heavy atom. The highest BCUT2D eigenvalue weighted by Gasteiger charge is 2.20. The number of rotatable bonds is 8. The van der Waals surface area contributed by atoms with Gasteiger partial charge in [-0.25, -0.2) is 0 Å². The van der Waals surface area contributed by atoms with Gasteiger partial charge in [-0.2, -0.15) is 0 Å².